The van der Waals surface area contributed by atoms with Gasteiger partial charge in [0.05, 0.1) is 0 Å². The number of carbonyl (C=O) groups is 1. The third-order valence-corrected chi connectivity index (χ3v) is 2.68. The first kappa shape index (κ1) is 13.9. The Balaban J connectivity index is 2.66. The lowest BCUT2D eigenvalue weighted by Crippen LogP contribution is -2.34. The Morgan fingerprint density at radius 2 is 2.18 bits per heavy atom. The second kappa shape index (κ2) is 6.57. The van der Waals surface area contributed by atoms with E-state index in [4.69, 9.17) is 9.47 Å². The normalized spacial score (nSPS) is 23.7. The molecule has 17 heavy (non-hydrogen) atoms. The highest BCUT2D eigenvalue weighted by atomic mass is 16.6. The Bertz CT molecular complexity index is 321. The first-order chi connectivity index (χ1) is 8.04. The topological polar surface area (TPSA) is 38.8 Å². The fourth-order valence-corrected chi connectivity index (χ4v) is 1.85. The molecule has 0 saturated heterocycles. The third kappa shape index (κ3) is 4.32. The quantitative estimate of drug-likeness (QED) is 0.679. The van der Waals surface area contributed by atoms with Crippen LogP contribution in [0, 0.1) is 0 Å². The molecule has 0 amide bonds. The predicted molar refractivity (Wildman–Crippen MR) is 66.7 cm³/mol. The summed E-state index contributed by atoms with van der Waals surface area (Å²) in [5.74, 6) is -0.282. The van der Waals surface area contributed by atoms with Gasteiger partial charge in [0.1, 0.15) is 6.10 Å². The van der Waals surface area contributed by atoms with Crippen molar-refractivity contribution in [1.82, 2.24) is 4.90 Å². The average Bonchev–Trinajstić information content (AvgIpc) is 2.25. The van der Waals surface area contributed by atoms with Crippen molar-refractivity contribution in [3.05, 3.63) is 23.8 Å². The van der Waals surface area contributed by atoms with Crippen LogP contribution in [0.4, 0.5) is 0 Å². The third-order valence-electron chi connectivity index (χ3n) is 2.68. The average molecular weight is 239 g/mol. The molecule has 0 aromatic rings. The molecule has 0 fully saturated rings. The van der Waals surface area contributed by atoms with Gasteiger partial charge < -0.3 is 14.4 Å². The zero-order chi connectivity index (χ0) is 12.8. The molecule has 0 aromatic carbocycles. The van der Waals surface area contributed by atoms with E-state index in [1.54, 1.807) is 7.11 Å². The van der Waals surface area contributed by atoms with Crippen molar-refractivity contribution < 1.29 is 14.3 Å². The predicted octanol–water partition coefficient (Wildman–Crippen LogP) is 1.38. The minimum Gasteiger partial charge on any atom is -0.455 e. The van der Waals surface area contributed by atoms with E-state index in [9.17, 15) is 4.79 Å². The second-order valence-electron chi connectivity index (χ2n) is 4.41. The standard InChI is InChI=1S/C13H21NO3/c1-10(15)17-12-7-5-6-11(13(12)16-4)8-9-14(2)3/h5-7,12-13H,8-9H2,1-4H3. The SMILES string of the molecule is COC1C(CCN(C)C)=CC=CC1OC(C)=O. The summed E-state index contributed by atoms with van der Waals surface area (Å²) in [7, 11) is 5.71. The Morgan fingerprint density at radius 1 is 1.47 bits per heavy atom. The van der Waals surface area contributed by atoms with Crippen molar-refractivity contribution in [1.29, 1.82) is 0 Å². The summed E-state index contributed by atoms with van der Waals surface area (Å²) in [6, 6.07) is 0. The van der Waals surface area contributed by atoms with Crippen molar-refractivity contribution in [2.24, 2.45) is 0 Å². The van der Waals surface area contributed by atoms with Gasteiger partial charge in [0, 0.05) is 20.6 Å². The lowest BCUT2D eigenvalue weighted by atomic mass is 9.96. The van der Waals surface area contributed by atoms with Gasteiger partial charge in [0.15, 0.2) is 6.10 Å². The van der Waals surface area contributed by atoms with Crippen LogP contribution in [0.5, 0.6) is 0 Å². The minimum atomic E-state index is -0.306. The van der Waals surface area contributed by atoms with Crippen molar-refractivity contribution in [2.75, 3.05) is 27.7 Å². The number of carbonyl (C=O) groups excluding carboxylic acids is 1. The van der Waals surface area contributed by atoms with Gasteiger partial charge in [0.2, 0.25) is 0 Å². The lowest BCUT2D eigenvalue weighted by molar-refractivity contribution is -0.148. The summed E-state index contributed by atoms with van der Waals surface area (Å²) in [5.41, 5.74) is 1.16. The van der Waals surface area contributed by atoms with Crippen molar-refractivity contribution in [3.8, 4) is 0 Å². The Kier molecular flexibility index (Phi) is 5.38. The van der Waals surface area contributed by atoms with E-state index < -0.39 is 0 Å². The second-order valence-corrected chi connectivity index (χ2v) is 4.41. The van der Waals surface area contributed by atoms with Crippen molar-refractivity contribution >= 4 is 5.97 Å². The molecule has 1 rings (SSSR count). The van der Waals surface area contributed by atoms with E-state index in [1.165, 1.54) is 6.92 Å². The molecule has 0 bridgehead atoms. The first-order valence-corrected chi connectivity index (χ1v) is 5.76. The van der Waals surface area contributed by atoms with E-state index in [2.05, 4.69) is 4.90 Å². The van der Waals surface area contributed by atoms with Gasteiger partial charge in [-0.05, 0) is 32.2 Å². The molecule has 0 radical (unpaired) electrons. The maximum atomic E-state index is 11.0. The fourth-order valence-electron chi connectivity index (χ4n) is 1.85. The van der Waals surface area contributed by atoms with E-state index in [1.807, 2.05) is 32.3 Å². The lowest BCUT2D eigenvalue weighted by Gasteiger charge is -2.28. The van der Waals surface area contributed by atoms with Gasteiger partial charge >= 0.3 is 5.97 Å². The molecule has 0 saturated carbocycles. The summed E-state index contributed by atoms with van der Waals surface area (Å²) in [6.45, 7) is 2.37. The molecule has 4 heteroatoms. The minimum absolute atomic E-state index is 0.163. The van der Waals surface area contributed by atoms with Crippen LogP contribution >= 0.6 is 0 Å². The highest BCUT2D eigenvalue weighted by Crippen LogP contribution is 2.22. The molecule has 96 valence electrons. The van der Waals surface area contributed by atoms with Crippen LogP contribution in [0.1, 0.15) is 13.3 Å². The molecular weight excluding hydrogens is 218 g/mol. The van der Waals surface area contributed by atoms with E-state index in [0.717, 1.165) is 18.5 Å². The van der Waals surface area contributed by atoms with Crippen LogP contribution < -0.4 is 0 Å². The van der Waals surface area contributed by atoms with Gasteiger partial charge in [-0.3, -0.25) is 4.79 Å². The molecule has 0 heterocycles. The van der Waals surface area contributed by atoms with Crippen LogP contribution in [0.3, 0.4) is 0 Å². The molecule has 4 nitrogen and oxygen atoms in total. The largest absolute Gasteiger partial charge is 0.455 e. The number of allylic oxidation sites excluding steroid dienone is 2. The van der Waals surface area contributed by atoms with Gasteiger partial charge in [0.25, 0.3) is 0 Å². The summed E-state index contributed by atoms with van der Waals surface area (Å²) in [6.07, 6.45) is 6.26. The Morgan fingerprint density at radius 3 is 2.71 bits per heavy atom. The molecule has 1 aliphatic rings. The zero-order valence-electron chi connectivity index (χ0n) is 11.0. The van der Waals surface area contributed by atoms with Crippen LogP contribution in [0.25, 0.3) is 0 Å². The molecule has 2 atom stereocenters. The van der Waals surface area contributed by atoms with Gasteiger partial charge in [-0.15, -0.1) is 0 Å². The Labute approximate surface area is 103 Å². The maximum absolute atomic E-state index is 11.0. The molecule has 0 N–H and O–H groups in total. The molecule has 1 aliphatic carbocycles. The summed E-state index contributed by atoms with van der Waals surface area (Å²) in [5, 5.41) is 0. The van der Waals surface area contributed by atoms with Crippen molar-refractivity contribution in [2.45, 2.75) is 25.6 Å². The van der Waals surface area contributed by atoms with Crippen LogP contribution in [0.15, 0.2) is 23.8 Å². The fraction of sp³-hybridized carbons (Fsp3) is 0.615. The number of nitrogens with zero attached hydrogens (tertiary/aromatic N) is 1. The molecule has 0 aliphatic heterocycles. The van der Waals surface area contributed by atoms with Crippen LogP contribution in [0.2, 0.25) is 0 Å². The van der Waals surface area contributed by atoms with Gasteiger partial charge in [-0.25, -0.2) is 0 Å². The zero-order valence-corrected chi connectivity index (χ0v) is 11.0. The number of rotatable bonds is 5. The number of methoxy groups -OCH3 is 1. The number of hydrogen-bond donors (Lipinski definition) is 0. The number of hydrogen-bond acceptors (Lipinski definition) is 4. The smallest absolute Gasteiger partial charge is 0.303 e. The first-order valence-electron chi connectivity index (χ1n) is 5.76. The van der Waals surface area contributed by atoms with E-state index in [0.29, 0.717) is 0 Å². The highest BCUT2D eigenvalue weighted by Gasteiger charge is 2.27. The van der Waals surface area contributed by atoms with E-state index >= 15 is 0 Å². The molecule has 0 aromatic heterocycles. The molecular formula is C13H21NO3. The highest BCUT2D eigenvalue weighted by molar-refractivity contribution is 5.66. The number of esters is 1. The van der Waals surface area contributed by atoms with Crippen LogP contribution in [-0.4, -0.2) is 50.8 Å². The maximum Gasteiger partial charge on any atom is 0.303 e. The van der Waals surface area contributed by atoms with Gasteiger partial charge in [-0.1, -0.05) is 12.2 Å². The molecule has 2 unspecified atom stereocenters. The summed E-state index contributed by atoms with van der Waals surface area (Å²) >= 11 is 0. The van der Waals surface area contributed by atoms with E-state index in [-0.39, 0.29) is 18.2 Å². The summed E-state index contributed by atoms with van der Waals surface area (Å²) < 4.78 is 10.7. The molecule has 0 spiro atoms. The van der Waals surface area contributed by atoms with Crippen molar-refractivity contribution in [3.63, 3.8) is 0 Å². The number of ether oxygens (including phenoxy) is 2. The van der Waals surface area contributed by atoms with Crippen LogP contribution in [-0.2, 0) is 14.3 Å². The Hall–Kier alpha value is -1.13. The van der Waals surface area contributed by atoms with Gasteiger partial charge in [-0.2, -0.15) is 0 Å². The monoisotopic (exact) mass is 239 g/mol. The summed E-state index contributed by atoms with van der Waals surface area (Å²) in [4.78, 5) is 13.1.